The van der Waals surface area contributed by atoms with Gasteiger partial charge in [-0.1, -0.05) is 26.0 Å². The minimum Gasteiger partial charge on any atom is -0.490 e. The molecule has 0 saturated heterocycles. The van der Waals surface area contributed by atoms with Crippen LogP contribution in [0.3, 0.4) is 0 Å². The monoisotopic (exact) mass is 359 g/mol. The fraction of sp³-hybridized carbons (Fsp3) is 0.400. The standard InChI is InChI=1S/C20H25NO3S/c1-15(2)16-7-9-17(10-8-16)21-25(22,23)20-13-11-19(12-14-20)24-18-5-3-4-6-18/h7-15,18,21H,3-6H2,1-2H3. The molecule has 0 radical (unpaired) electrons. The number of hydrogen-bond donors (Lipinski definition) is 1. The van der Waals surface area contributed by atoms with Crippen LogP contribution in [0.5, 0.6) is 5.75 Å². The van der Waals surface area contributed by atoms with E-state index >= 15 is 0 Å². The Bertz CT molecular complexity index is 790. The molecular weight excluding hydrogens is 334 g/mol. The first-order chi connectivity index (χ1) is 11.9. The van der Waals surface area contributed by atoms with Crippen molar-refractivity contribution in [3.8, 4) is 5.75 Å². The van der Waals surface area contributed by atoms with Gasteiger partial charge in [0.15, 0.2) is 0 Å². The predicted molar refractivity (Wildman–Crippen MR) is 101 cm³/mol. The van der Waals surface area contributed by atoms with Crippen LogP contribution in [0.25, 0.3) is 0 Å². The maximum atomic E-state index is 12.5. The molecule has 0 aliphatic heterocycles. The molecule has 2 aromatic carbocycles. The molecule has 1 aliphatic carbocycles. The molecule has 4 nitrogen and oxygen atoms in total. The molecule has 0 aromatic heterocycles. The van der Waals surface area contributed by atoms with Crippen molar-refractivity contribution in [2.24, 2.45) is 0 Å². The summed E-state index contributed by atoms with van der Waals surface area (Å²) < 4.78 is 33.6. The second kappa shape index (κ2) is 7.48. The smallest absolute Gasteiger partial charge is 0.261 e. The zero-order valence-corrected chi connectivity index (χ0v) is 15.6. The van der Waals surface area contributed by atoms with E-state index in [4.69, 9.17) is 4.74 Å². The molecule has 3 rings (SSSR count). The lowest BCUT2D eigenvalue weighted by atomic mass is 10.0. The third-order valence-electron chi connectivity index (χ3n) is 4.57. The first-order valence-corrected chi connectivity index (χ1v) is 10.3. The molecule has 1 aliphatic rings. The molecule has 1 fully saturated rings. The molecule has 0 spiro atoms. The molecule has 2 aromatic rings. The minimum absolute atomic E-state index is 0.235. The van der Waals surface area contributed by atoms with Crippen molar-refractivity contribution in [2.75, 3.05) is 4.72 Å². The second-order valence-corrected chi connectivity index (χ2v) is 8.56. The summed E-state index contributed by atoms with van der Waals surface area (Å²) in [4.78, 5) is 0.235. The topological polar surface area (TPSA) is 55.4 Å². The van der Waals surface area contributed by atoms with Crippen molar-refractivity contribution >= 4 is 15.7 Å². The van der Waals surface area contributed by atoms with E-state index in [1.807, 2.05) is 12.1 Å². The largest absolute Gasteiger partial charge is 0.490 e. The molecule has 0 bridgehead atoms. The molecule has 0 heterocycles. The van der Waals surface area contributed by atoms with Gasteiger partial charge in [-0.25, -0.2) is 8.42 Å². The Morgan fingerprint density at radius 2 is 1.56 bits per heavy atom. The van der Waals surface area contributed by atoms with Gasteiger partial charge in [0.25, 0.3) is 10.0 Å². The van der Waals surface area contributed by atoms with Gasteiger partial charge in [-0.3, -0.25) is 4.72 Å². The number of benzene rings is 2. The van der Waals surface area contributed by atoms with Gasteiger partial charge in [0, 0.05) is 5.69 Å². The van der Waals surface area contributed by atoms with E-state index in [2.05, 4.69) is 18.6 Å². The van der Waals surface area contributed by atoms with Crippen LogP contribution < -0.4 is 9.46 Å². The zero-order valence-electron chi connectivity index (χ0n) is 14.7. The Morgan fingerprint density at radius 1 is 0.960 bits per heavy atom. The molecule has 0 amide bonds. The summed E-state index contributed by atoms with van der Waals surface area (Å²) in [6.45, 7) is 4.21. The number of sulfonamides is 1. The quantitative estimate of drug-likeness (QED) is 0.795. The molecule has 5 heteroatoms. The van der Waals surface area contributed by atoms with Crippen molar-refractivity contribution < 1.29 is 13.2 Å². The molecule has 0 unspecified atom stereocenters. The summed E-state index contributed by atoms with van der Waals surface area (Å²) >= 11 is 0. The van der Waals surface area contributed by atoms with Gasteiger partial charge in [-0.05, 0) is 73.6 Å². The number of rotatable bonds is 6. The highest BCUT2D eigenvalue weighted by molar-refractivity contribution is 7.92. The molecule has 1 N–H and O–H groups in total. The molecule has 0 atom stereocenters. The van der Waals surface area contributed by atoms with Crippen LogP contribution in [-0.2, 0) is 10.0 Å². The average molecular weight is 359 g/mol. The van der Waals surface area contributed by atoms with E-state index in [0.29, 0.717) is 11.6 Å². The van der Waals surface area contributed by atoms with Gasteiger partial charge >= 0.3 is 0 Å². The predicted octanol–water partition coefficient (Wildman–Crippen LogP) is 4.93. The Hall–Kier alpha value is -2.01. The van der Waals surface area contributed by atoms with Gasteiger partial charge in [0.1, 0.15) is 5.75 Å². The van der Waals surface area contributed by atoms with Gasteiger partial charge in [0.2, 0.25) is 0 Å². The Kier molecular flexibility index (Phi) is 5.33. The Labute approximate surface area is 150 Å². The summed E-state index contributed by atoms with van der Waals surface area (Å²) in [7, 11) is -3.60. The van der Waals surface area contributed by atoms with Crippen LogP contribution in [0.2, 0.25) is 0 Å². The number of nitrogens with one attached hydrogen (secondary N) is 1. The Balaban J connectivity index is 1.68. The second-order valence-electron chi connectivity index (χ2n) is 6.88. The van der Waals surface area contributed by atoms with E-state index in [-0.39, 0.29) is 11.0 Å². The third-order valence-corrected chi connectivity index (χ3v) is 5.97. The summed E-state index contributed by atoms with van der Waals surface area (Å²) in [6.07, 6.45) is 4.83. The summed E-state index contributed by atoms with van der Waals surface area (Å²) in [5.74, 6) is 1.14. The first-order valence-electron chi connectivity index (χ1n) is 8.83. The lowest BCUT2D eigenvalue weighted by Gasteiger charge is -2.14. The molecule has 25 heavy (non-hydrogen) atoms. The lowest BCUT2D eigenvalue weighted by Crippen LogP contribution is -2.13. The maximum Gasteiger partial charge on any atom is 0.261 e. The lowest BCUT2D eigenvalue weighted by molar-refractivity contribution is 0.210. The van der Waals surface area contributed by atoms with Crippen molar-refractivity contribution in [3.05, 3.63) is 54.1 Å². The number of ether oxygens (including phenoxy) is 1. The van der Waals surface area contributed by atoms with E-state index in [1.165, 1.54) is 18.4 Å². The van der Waals surface area contributed by atoms with E-state index in [0.717, 1.165) is 18.6 Å². The highest BCUT2D eigenvalue weighted by Gasteiger charge is 2.18. The van der Waals surface area contributed by atoms with E-state index in [9.17, 15) is 8.42 Å². The van der Waals surface area contributed by atoms with Crippen molar-refractivity contribution in [3.63, 3.8) is 0 Å². The van der Waals surface area contributed by atoms with Gasteiger partial charge in [-0.2, -0.15) is 0 Å². The zero-order chi connectivity index (χ0) is 17.9. The first kappa shape index (κ1) is 17.8. The van der Waals surface area contributed by atoms with Crippen molar-refractivity contribution in [1.29, 1.82) is 0 Å². The van der Waals surface area contributed by atoms with Crippen LogP contribution in [0, 0.1) is 0 Å². The van der Waals surface area contributed by atoms with Crippen LogP contribution in [-0.4, -0.2) is 14.5 Å². The van der Waals surface area contributed by atoms with Gasteiger partial charge < -0.3 is 4.74 Å². The molecule has 1 saturated carbocycles. The summed E-state index contributed by atoms with van der Waals surface area (Å²) in [5, 5.41) is 0. The van der Waals surface area contributed by atoms with Crippen molar-refractivity contribution in [2.45, 2.75) is 56.4 Å². The fourth-order valence-electron chi connectivity index (χ4n) is 3.05. The highest BCUT2D eigenvalue weighted by Crippen LogP contribution is 2.26. The van der Waals surface area contributed by atoms with Gasteiger partial charge in [0.05, 0.1) is 11.0 Å². The van der Waals surface area contributed by atoms with Crippen LogP contribution >= 0.6 is 0 Å². The number of anilines is 1. The SMILES string of the molecule is CC(C)c1ccc(NS(=O)(=O)c2ccc(OC3CCCC3)cc2)cc1. The summed E-state index contributed by atoms with van der Waals surface area (Å²) in [5.41, 5.74) is 1.74. The average Bonchev–Trinajstić information content (AvgIpc) is 3.08. The highest BCUT2D eigenvalue weighted by atomic mass is 32.2. The third kappa shape index (κ3) is 4.54. The molecule has 134 valence electrons. The number of hydrogen-bond acceptors (Lipinski definition) is 3. The Morgan fingerprint density at radius 3 is 2.12 bits per heavy atom. The van der Waals surface area contributed by atoms with E-state index < -0.39 is 10.0 Å². The minimum atomic E-state index is -3.60. The van der Waals surface area contributed by atoms with Crippen LogP contribution in [0.1, 0.15) is 51.0 Å². The van der Waals surface area contributed by atoms with Crippen molar-refractivity contribution in [1.82, 2.24) is 0 Å². The van der Waals surface area contributed by atoms with Crippen LogP contribution in [0.15, 0.2) is 53.4 Å². The normalized spacial score (nSPS) is 15.5. The fourth-order valence-corrected chi connectivity index (χ4v) is 4.10. The summed E-state index contributed by atoms with van der Waals surface area (Å²) in [6, 6.07) is 14.1. The maximum absolute atomic E-state index is 12.5. The van der Waals surface area contributed by atoms with E-state index in [1.54, 1.807) is 36.4 Å². The van der Waals surface area contributed by atoms with Gasteiger partial charge in [-0.15, -0.1) is 0 Å². The van der Waals surface area contributed by atoms with Crippen LogP contribution in [0.4, 0.5) is 5.69 Å². The molecular formula is C20H25NO3S.